The second-order valence-corrected chi connectivity index (χ2v) is 11.1. The lowest BCUT2D eigenvalue weighted by molar-refractivity contribution is -0.133. The van der Waals surface area contributed by atoms with Crippen LogP contribution in [0.4, 0.5) is 5.95 Å². The zero-order chi connectivity index (χ0) is 27.4. The number of carbonyl (C=O) groups excluding carboxylic acids is 2. The van der Waals surface area contributed by atoms with Crippen LogP contribution in [0.2, 0.25) is 0 Å². The van der Waals surface area contributed by atoms with Crippen LogP contribution in [0.3, 0.4) is 0 Å². The number of aromatic nitrogens is 4. The van der Waals surface area contributed by atoms with Gasteiger partial charge in [-0.1, -0.05) is 44.2 Å². The number of likely N-dealkylation sites (tertiary alicyclic amines) is 1. The van der Waals surface area contributed by atoms with Gasteiger partial charge in [0.1, 0.15) is 0 Å². The lowest BCUT2D eigenvalue weighted by atomic mass is 9.82. The van der Waals surface area contributed by atoms with Crippen LogP contribution in [-0.2, 0) is 18.3 Å². The Morgan fingerprint density at radius 1 is 0.974 bits per heavy atom. The summed E-state index contributed by atoms with van der Waals surface area (Å²) >= 11 is 0. The number of nitrogens with zero attached hydrogens (tertiary/aromatic N) is 5. The Morgan fingerprint density at radius 3 is 2.46 bits per heavy atom. The molecule has 1 aliphatic rings. The van der Waals surface area contributed by atoms with Gasteiger partial charge in [0.2, 0.25) is 11.9 Å². The number of aryl methyl sites for hydroxylation is 2. The van der Waals surface area contributed by atoms with Crippen LogP contribution in [0.15, 0.2) is 73.2 Å². The third kappa shape index (κ3) is 6.45. The number of piperidine rings is 1. The van der Waals surface area contributed by atoms with Crippen molar-refractivity contribution in [3.63, 3.8) is 0 Å². The van der Waals surface area contributed by atoms with E-state index < -0.39 is 0 Å². The number of amides is 2. The van der Waals surface area contributed by atoms with E-state index in [0.29, 0.717) is 36.2 Å². The fourth-order valence-corrected chi connectivity index (χ4v) is 4.95. The van der Waals surface area contributed by atoms with Gasteiger partial charge in [-0.15, -0.1) is 0 Å². The third-order valence-corrected chi connectivity index (χ3v) is 7.47. The van der Waals surface area contributed by atoms with E-state index in [9.17, 15) is 9.59 Å². The molecule has 8 heteroatoms. The number of imidazole rings is 1. The van der Waals surface area contributed by atoms with Gasteiger partial charge in [-0.25, -0.2) is 4.98 Å². The van der Waals surface area contributed by atoms with Crippen LogP contribution < -0.4 is 5.32 Å². The van der Waals surface area contributed by atoms with Crippen LogP contribution in [0.5, 0.6) is 0 Å². The largest absolute Gasteiger partial charge is 0.343 e. The second-order valence-electron chi connectivity index (χ2n) is 11.1. The molecule has 0 spiro atoms. The molecule has 1 aliphatic heterocycles. The molecule has 0 unspecified atom stereocenters. The van der Waals surface area contributed by atoms with Crippen molar-refractivity contribution in [1.29, 1.82) is 0 Å². The van der Waals surface area contributed by atoms with Crippen molar-refractivity contribution in [2.45, 2.75) is 46.0 Å². The highest BCUT2D eigenvalue weighted by Gasteiger charge is 2.27. The minimum absolute atomic E-state index is 0.218. The average molecular weight is 525 g/mol. The topological polar surface area (TPSA) is 85.0 Å². The predicted molar refractivity (Wildman–Crippen MR) is 153 cm³/mol. The van der Waals surface area contributed by atoms with Crippen molar-refractivity contribution in [2.24, 2.45) is 12.5 Å². The number of anilines is 1. The van der Waals surface area contributed by atoms with Crippen molar-refractivity contribution >= 4 is 17.8 Å². The first-order chi connectivity index (χ1) is 18.8. The van der Waals surface area contributed by atoms with Crippen molar-refractivity contribution in [1.82, 2.24) is 24.2 Å². The SMILES string of the molecule is Cn1cc(-c2cccc(C(=O)Nc3nc(CCCC(=O)N4CCC(C)(C)CC4)cn3-c3ccccc3)c2)cn1. The molecule has 4 aromatic rings. The van der Waals surface area contributed by atoms with Crippen LogP contribution in [0, 0.1) is 5.41 Å². The summed E-state index contributed by atoms with van der Waals surface area (Å²) < 4.78 is 3.63. The van der Waals surface area contributed by atoms with E-state index in [1.54, 1.807) is 16.9 Å². The first-order valence-corrected chi connectivity index (χ1v) is 13.6. The van der Waals surface area contributed by atoms with Crippen molar-refractivity contribution in [3.8, 4) is 16.8 Å². The smallest absolute Gasteiger partial charge is 0.258 e. The Morgan fingerprint density at radius 2 is 1.74 bits per heavy atom. The Balaban J connectivity index is 1.28. The third-order valence-electron chi connectivity index (χ3n) is 7.47. The molecule has 5 rings (SSSR count). The Bertz CT molecular complexity index is 1440. The lowest BCUT2D eigenvalue weighted by Gasteiger charge is -2.37. The summed E-state index contributed by atoms with van der Waals surface area (Å²) in [5, 5.41) is 7.23. The highest BCUT2D eigenvalue weighted by molar-refractivity contribution is 6.04. The maximum Gasteiger partial charge on any atom is 0.258 e. The monoisotopic (exact) mass is 524 g/mol. The van der Waals surface area contributed by atoms with E-state index in [4.69, 9.17) is 4.98 Å². The molecule has 2 amide bonds. The number of nitrogens with one attached hydrogen (secondary N) is 1. The van der Waals surface area contributed by atoms with Crippen LogP contribution in [0.1, 0.15) is 55.6 Å². The fourth-order valence-electron chi connectivity index (χ4n) is 4.95. The minimum Gasteiger partial charge on any atom is -0.343 e. The minimum atomic E-state index is -0.238. The van der Waals surface area contributed by atoms with Crippen molar-refractivity contribution in [3.05, 3.63) is 84.4 Å². The van der Waals surface area contributed by atoms with Gasteiger partial charge < -0.3 is 4.90 Å². The Kier molecular flexibility index (Phi) is 7.63. The van der Waals surface area contributed by atoms with Crippen LogP contribution in [-0.4, -0.2) is 49.1 Å². The number of benzene rings is 2. The van der Waals surface area contributed by atoms with Gasteiger partial charge in [0.15, 0.2) is 0 Å². The molecule has 0 radical (unpaired) electrons. The number of hydrogen-bond donors (Lipinski definition) is 1. The molecule has 8 nitrogen and oxygen atoms in total. The second kappa shape index (κ2) is 11.3. The highest BCUT2D eigenvalue weighted by Crippen LogP contribution is 2.30. The molecular weight excluding hydrogens is 488 g/mol. The molecule has 0 aliphatic carbocycles. The number of carbonyl (C=O) groups is 2. The van der Waals surface area contributed by atoms with E-state index in [1.165, 1.54) is 0 Å². The van der Waals surface area contributed by atoms with Crippen LogP contribution in [0.25, 0.3) is 16.8 Å². The first-order valence-electron chi connectivity index (χ1n) is 13.6. The van der Waals surface area contributed by atoms with E-state index in [1.807, 2.05) is 77.4 Å². The molecule has 1 fully saturated rings. The normalized spacial score (nSPS) is 14.8. The molecule has 39 heavy (non-hydrogen) atoms. The Labute approximate surface area is 229 Å². The molecule has 2 aromatic heterocycles. The summed E-state index contributed by atoms with van der Waals surface area (Å²) in [5.74, 6) is 0.436. The van der Waals surface area contributed by atoms with Gasteiger partial charge in [0.05, 0.1) is 11.9 Å². The summed E-state index contributed by atoms with van der Waals surface area (Å²) in [6.07, 6.45) is 9.62. The van der Waals surface area contributed by atoms with Gasteiger partial charge in [-0.3, -0.25) is 24.2 Å². The predicted octanol–water partition coefficient (Wildman–Crippen LogP) is 5.50. The summed E-state index contributed by atoms with van der Waals surface area (Å²) in [7, 11) is 1.87. The van der Waals surface area contributed by atoms with E-state index in [2.05, 4.69) is 24.3 Å². The molecular formula is C31H36N6O2. The quantitative estimate of drug-likeness (QED) is 0.330. The van der Waals surface area contributed by atoms with Gasteiger partial charge in [-0.2, -0.15) is 5.10 Å². The lowest BCUT2D eigenvalue weighted by Crippen LogP contribution is -2.41. The molecule has 0 atom stereocenters. The number of hydrogen-bond acceptors (Lipinski definition) is 4. The molecule has 3 heterocycles. The van der Waals surface area contributed by atoms with Crippen LogP contribution >= 0.6 is 0 Å². The maximum atomic E-state index is 13.3. The van der Waals surface area contributed by atoms with Gasteiger partial charge in [0, 0.05) is 55.8 Å². The summed E-state index contributed by atoms with van der Waals surface area (Å²) in [6, 6.07) is 17.3. The fraction of sp³-hybridized carbons (Fsp3) is 0.355. The van der Waals surface area contributed by atoms with E-state index in [0.717, 1.165) is 48.4 Å². The van der Waals surface area contributed by atoms with Gasteiger partial charge in [0.25, 0.3) is 5.91 Å². The molecule has 202 valence electrons. The number of rotatable bonds is 8. The zero-order valence-corrected chi connectivity index (χ0v) is 22.9. The molecule has 0 bridgehead atoms. The first kappa shape index (κ1) is 26.4. The average Bonchev–Trinajstić information content (AvgIpc) is 3.55. The van der Waals surface area contributed by atoms with Gasteiger partial charge >= 0.3 is 0 Å². The van der Waals surface area contributed by atoms with Crippen molar-refractivity contribution < 1.29 is 9.59 Å². The highest BCUT2D eigenvalue weighted by atomic mass is 16.2. The maximum absolute atomic E-state index is 13.3. The standard InChI is InChI=1S/C31H36N6O2/c1-31(2)15-17-36(18-16-31)28(38)14-8-11-26-22-37(27-12-5-4-6-13-27)30(33-26)34-29(39)24-10-7-9-23(19-24)25-20-32-35(3)21-25/h4-7,9-10,12-13,19-22H,8,11,14-18H2,1-3H3,(H,33,34,39). The molecule has 0 saturated carbocycles. The summed E-state index contributed by atoms with van der Waals surface area (Å²) in [6.45, 7) is 6.22. The van der Waals surface area contributed by atoms with E-state index in [-0.39, 0.29) is 11.8 Å². The summed E-state index contributed by atoms with van der Waals surface area (Å²) in [5.41, 5.74) is 4.47. The van der Waals surface area contributed by atoms with E-state index >= 15 is 0 Å². The zero-order valence-electron chi connectivity index (χ0n) is 22.9. The molecule has 1 saturated heterocycles. The summed E-state index contributed by atoms with van der Waals surface area (Å²) in [4.78, 5) is 32.8. The Hall–Kier alpha value is -4.20. The number of para-hydroxylation sites is 1. The van der Waals surface area contributed by atoms with Crippen molar-refractivity contribution in [2.75, 3.05) is 18.4 Å². The van der Waals surface area contributed by atoms with Gasteiger partial charge in [-0.05, 0) is 60.9 Å². The molecule has 1 N–H and O–H groups in total. The molecule has 2 aromatic carbocycles.